The quantitative estimate of drug-likeness (QED) is 0.627. The Morgan fingerprint density at radius 1 is 1.00 bits per heavy atom. The van der Waals surface area contributed by atoms with Crippen LogP contribution in [0.4, 0.5) is 5.69 Å². The van der Waals surface area contributed by atoms with E-state index in [0.717, 1.165) is 30.6 Å². The fourth-order valence-corrected chi connectivity index (χ4v) is 2.72. The highest BCUT2D eigenvalue weighted by atomic mass is 14.7. The van der Waals surface area contributed by atoms with Gasteiger partial charge in [0.2, 0.25) is 0 Å². The van der Waals surface area contributed by atoms with Gasteiger partial charge in [-0.05, 0) is 54.0 Å². The molecule has 1 aromatic heterocycles. The maximum atomic E-state index is 4.71. The molecule has 0 N–H and O–H groups in total. The molecule has 0 bridgehead atoms. The summed E-state index contributed by atoms with van der Waals surface area (Å²) in [6, 6.07) is 12.7. The first-order valence-corrected chi connectivity index (χ1v) is 8.59. The van der Waals surface area contributed by atoms with Crippen LogP contribution in [0.2, 0.25) is 0 Å². The molecule has 0 amide bonds. The SMILES string of the molecule is CC(C)Cc1ccc(N=CCc2ccccn2)c(CC(C)C)c1. The Hall–Kier alpha value is -1.96. The lowest BCUT2D eigenvalue weighted by Gasteiger charge is -2.12. The highest BCUT2D eigenvalue weighted by Gasteiger charge is 2.07. The molecule has 2 nitrogen and oxygen atoms in total. The van der Waals surface area contributed by atoms with Gasteiger partial charge in [-0.1, -0.05) is 45.9 Å². The predicted molar refractivity (Wildman–Crippen MR) is 99.6 cm³/mol. The zero-order chi connectivity index (χ0) is 16.7. The molecule has 1 heterocycles. The molecule has 0 aliphatic carbocycles. The monoisotopic (exact) mass is 308 g/mol. The molecular formula is C21H28N2. The second-order valence-electron chi connectivity index (χ2n) is 7.00. The molecule has 0 spiro atoms. The number of hydrogen-bond donors (Lipinski definition) is 0. The van der Waals surface area contributed by atoms with E-state index in [1.54, 1.807) is 0 Å². The van der Waals surface area contributed by atoms with Gasteiger partial charge in [0.25, 0.3) is 0 Å². The molecule has 2 aromatic rings. The molecule has 0 aliphatic rings. The Kier molecular flexibility index (Phi) is 6.52. The van der Waals surface area contributed by atoms with Crippen molar-refractivity contribution in [2.45, 2.75) is 47.0 Å². The summed E-state index contributed by atoms with van der Waals surface area (Å²) in [5.74, 6) is 1.31. The first kappa shape index (κ1) is 17.4. The van der Waals surface area contributed by atoms with E-state index in [1.165, 1.54) is 11.1 Å². The van der Waals surface area contributed by atoms with E-state index in [0.29, 0.717) is 11.8 Å². The lowest BCUT2D eigenvalue weighted by molar-refractivity contribution is 0.636. The molecule has 0 unspecified atom stereocenters. The minimum atomic E-state index is 0.633. The van der Waals surface area contributed by atoms with E-state index < -0.39 is 0 Å². The zero-order valence-corrected chi connectivity index (χ0v) is 14.8. The van der Waals surface area contributed by atoms with E-state index in [4.69, 9.17) is 4.99 Å². The average molecular weight is 308 g/mol. The molecule has 2 rings (SSSR count). The van der Waals surface area contributed by atoms with Crippen LogP contribution in [0.5, 0.6) is 0 Å². The molecule has 0 atom stereocenters. The third-order valence-corrected chi connectivity index (χ3v) is 3.67. The third kappa shape index (κ3) is 5.97. The highest BCUT2D eigenvalue weighted by Crippen LogP contribution is 2.25. The van der Waals surface area contributed by atoms with E-state index in [9.17, 15) is 0 Å². The van der Waals surface area contributed by atoms with Gasteiger partial charge >= 0.3 is 0 Å². The molecule has 0 saturated heterocycles. The average Bonchev–Trinajstić information content (AvgIpc) is 2.49. The van der Waals surface area contributed by atoms with Crippen LogP contribution < -0.4 is 0 Å². The molecule has 0 aliphatic heterocycles. The van der Waals surface area contributed by atoms with Crippen LogP contribution in [-0.4, -0.2) is 11.2 Å². The van der Waals surface area contributed by atoms with Crippen LogP contribution in [0.25, 0.3) is 0 Å². The van der Waals surface area contributed by atoms with Gasteiger partial charge in [-0.3, -0.25) is 9.98 Å². The minimum absolute atomic E-state index is 0.633. The van der Waals surface area contributed by atoms with Crippen molar-refractivity contribution in [2.75, 3.05) is 0 Å². The van der Waals surface area contributed by atoms with Gasteiger partial charge in [-0.2, -0.15) is 0 Å². The third-order valence-electron chi connectivity index (χ3n) is 3.67. The van der Waals surface area contributed by atoms with Crippen molar-refractivity contribution in [3.05, 3.63) is 59.4 Å². The van der Waals surface area contributed by atoms with Gasteiger partial charge in [0.05, 0.1) is 5.69 Å². The molecule has 1 aromatic carbocycles. The summed E-state index contributed by atoms with van der Waals surface area (Å²) >= 11 is 0. The van der Waals surface area contributed by atoms with Crippen LogP contribution >= 0.6 is 0 Å². The van der Waals surface area contributed by atoms with Gasteiger partial charge in [-0.25, -0.2) is 0 Å². The van der Waals surface area contributed by atoms with E-state index >= 15 is 0 Å². The summed E-state index contributed by atoms with van der Waals surface area (Å²) in [6.45, 7) is 9.05. The fourth-order valence-electron chi connectivity index (χ4n) is 2.72. The summed E-state index contributed by atoms with van der Waals surface area (Å²) < 4.78 is 0. The number of hydrogen-bond acceptors (Lipinski definition) is 2. The van der Waals surface area contributed by atoms with Gasteiger partial charge in [-0.15, -0.1) is 0 Å². The van der Waals surface area contributed by atoms with Gasteiger partial charge < -0.3 is 0 Å². The fraction of sp³-hybridized carbons (Fsp3) is 0.429. The van der Waals surface area contributed by atoms with Crippen LogP contribution in [0, 0.1) is 11.8 Å². The van der Waals surface area contributed by atoms with Crippen molar-refractivity contribution in [2.24, 2.45) is 16.8 Å². The summed E-state index contributed by atoms with van der Waals surface area (Å²) in [5.41, 5.74) is 4.93. The molecule has 0 fully saturated rings. The number of aromatic nitrogens is 1. The number of pyridine rings is 1. The van der Waals surface area contributed by atoms with Crippen molar-refractivity contribution in [3.8, 4) is 0 Å². The Balaban J connectivity index is 2.15. The van der Waals surface area contributed by atoms with Crippen molar-refractivity contribution in [1.82, 2.24) is 4.98 Å². The summed E-state index contributed by atoms with van der Waals surface area (Å²) in [4.78, 5) is 9.05. The van der Waals surface area contributed by atoms with E-state index in [-0.39, 0.29) is 0 Å². The molecule has 122 valence electrons. The lowest BCUT2D eigenvalue weighted by atomic mass is 9.95. The first-order valence-electron chi connectivity index (χ1n) is 8.59. The zero-order valence-electron chi connectivity index (χ0n) is 14.8. The summed E-state index contributed by atoms with van der Waals surface area (Å²) in [7, 11) is 0. The number of nitrogens with zero attached hydrogens (tertiary/aromatic N) is 2. The maximum absolute atomic E-state index is 4.71. The number of aliphatic imine (C=N–C) groups is 1. The second-order valence-corrected chi connectivity index (χ2v) is 7.00. The molecule has 0 radical (unpaired) electrons. The van der Waals surface area contributed by atoms with Crippen molar-refractivity contribution in [1.29, 1.82) is 0 Å². The predicted octanol–water partition coefficient (Wildman–Crippen LogP) is 5.42. The standard InChI is InChI=1S/C21H28N2/c1-16(2)13-18-8-9-21(19(15-18)14-17(3)4)23-12-10-20-7-5-6-11-22-20/h5-9,11-12,15-17H,10,13-14H2,1-4H3. The molecule has 0 saturated carbocycles. The van der Waals surface area contributed by atoms with Crippen LogP contribution in [0.15, 0.2) is 47.6 Å². The lowest BCUT2D eigenvalue weighted by Crippen LogP contribution is -1.99. The number of benzene rings is 1. The van der Waals surface area contributed by atoms with Crippen LogP contribution in [0.3, 0.4) is 0 Å². The van der Waals surface area contributed by atoms with Crippen LogP contribution in [-0.2, 0) is 19.3 Å². The Labute approximate surface area is 140 Å². The Bertz CT molecular complexity index is 628. The van der Waals surface area contributed by atoms with Gasteiger partial charge in [0.15, 0.2) is 0 Å². The number of rotatable bonds is 7. The van der Waals surface area contributed by atoms with Crippen molar-refractivity contribution in [3.63, 3.8) is 0 Å². The van der Waals surface area contributed by atoms with Gasteiger partial charge in [0, 0.05) is 24.5 Å². The summed E-state index contributed by atoms with van der Waals surface area (Å²) in [6.07, 6.45) is 6.78. The molecular weight excluding hydrogens is 280 g/mol. The second kappa shape index (κ2) is 8.61. The minimum Gasteiger partial charge on any atom is -0.261 e. The van der Waals surface area contributed by atoms with Crippen molar-refractivity contribution < 1.29 is 0 Å². The molecule has 2 heteroatoms. The van der Waals surface area contributed by atoms with Crippen LogP contribution in [0.1, 0.15) is 44.5 Å². The normalized spacial score (nSPS) is 11.7. The Morgan fingerprint density at radius 2 is 1.78 bits per heavy atom. The topological polar surface area (TPSA) is 25.2 Å². The highest BCUT2D eigenvalue weighted by molar-refractivity contribution is 5.67. The summed E-state index contributed by atoms with van der Waals surface area (Å²) in [5, 5.41) is 0. The first-order chi connectivity index (χ1) is 11.0. The van der Waals surface area contributed by atoms with E-state index in [2.05, 4.69) is 50.9 Å². The van der Waals surface area contributed by atoms with E-state index in [1.807, 2.05) is 30.6 Å². The van der Waals surface area contributed by atoms with Gasteiger partial charge in [0.1, 0.15) is 0 Å². The Morgan fingerprint density at radius 3 is 2.43 bits per heavy atom. The van der Waals surface area contributed by atoms with Crippen molar-refractivity contribution >= 4 is 11.9 Å². The molecule has 23 heavy (non-hydrogen) atoms. The smallest absolute Gasteiger partial charge is 0.0658 e. The maximum Gasteiger partial charge on any atom is 0.0658 e. The largest absolute Gasteiger partial charge is 0.261 e.